The van der Waals surface area contributed by atoms with Gasteiger partial charge in [-0.05, 0) is 30.8 Å². The highest BCUT2D eigenvalue weighted by atomic mass is 19.1. The fourth-order valence-corrected chi connectivity index (χ4v) is 2.03. The van der Waals surface area contributed by atoms with Crippen molar-refractivity contribution < 1.29 is 14.4 Å². The molecule has 0 saturated heterocycles. The van der Waals surface area contributed by atoms with Crippen LogP contribution in [0.1, 0.15) is 11.3 Å². The van der Waals surface area contributed by atoms with E-state index in [1.54, 1.807) is 12.3 Å². The van der Waals surface area contributed by atoms with E-state index in [0.29, 0.717) is 13.1 Å². The zero-order valence-electron chi connectivity index (χ0n) is 11.2. The van der Waals surface area contributed by atoms with Gasteiger partial charge in [-0.1, -0.05) is 18.2 Å². The number of aromatic nitrogens is 1. The fraction of sp³-hybridized carbons (Fsp3) is 0.214. The lowest BCUT2D eigenvalue weighted by Gasteiger charge is -2.17. The van der Waals surface area contributed by atoms with Crippen molar-refractivity contribution in [3.8, 4) is 0 Å². The first-order valence-electron chi connectivity index (χ1n) is 6.29. The van der Waals surface area contributed by atoms with Crippen LogP contribution >= 0.6 is 0 Å². The van der Waals surface area contributed by atoms with Gasteiger partial charge in [0.05, 0.1) is 5.69 Å². The first-order valence-corrected chi connectivity index (χ1v) is 6.29. The van der Waals surface area contributed by atoms with E-state index in [9.17, 15) is 4.39 Å². The van der Waals surface area contributed by atoms with Crippen LogP contribution in [0.2, 0.25) is 0 Å². The van der Waals surface area contributed by atoms with Crippen molar-refractivity contribution >= 4 is 12.6 Å². The molecule has 0 atom stereocenters. The molecule has 2 aromatic rings. The topological polar surface area (TPSA) is 56.6 Å². The molecule has 0 aliphatic carbocycles. The van der Waals surface area contributed by atoms with Crippen LogP contribution in [0.5, 0.6) is 0 Å². The lowest BCUT2D eigenvalue weighted by Crippen LogP contribution is -2.33. The van der Waals surface area contributed by atoms with E-state index in [4.69, 9.17) is 10.0 Å². The van der Waals surface area contributed by atoms with Crippen LogP contribution in [-0.4, -0.2) is 34.1 Å². The van der Waals surface area contributed by atoms with Gasteiger partial charge in [0.2, 0.25) is 0 Å². The molecule has 1 heterocycles. The highest BCUT2D eigenvalue weighted by molar-refractivity contribution is 6.58. The Morgan fingerprint density at radius 3 is 2.65 bits per heavy atom. The molecule has 20 heavy (non-hydrogen) atoms. The first kappa shape index (κ1) is 14.6. The summed E-state index contributed by atoms with van der Waals surface area (Å²) in [6, 6.07) is 10.1. The second-order valence-corrected chi connectivity index (χ2v) is 4.72. The zero-order valence-corrected chi connectivity index (χ0v) is 11.2. The van der Waals surface area contributed by atoms with Crippen LogP contribution in [0.25, 0.3) is 0 Å². The molecule has 0 aliphatic heterocycles. The van der Waals surface area contributed by atoms with E-state index in [1.807, 2.05) is 30.1 Å². The Morgan fingerprint density at radius 2 is 2.00 bits per heavy atom. The third-order valence-electron chi connectivity index (χ3n) is 2.95. The summed E-state index contributed by atoms with van der Waals surface area (Å²) in [5.74, 6) is -0.615. The molecule has 0 spiro atoms. The number of hydrogen-bond donors (Lipinski definition) is 2. The van der Waals surface area contributed by atoms with Gasteiger partial charge >= 0.3 is 7.12 Å². The lowest BCUT2D eigenvalue weighted by atomic mass is 9.79. The van der Waals surface area contributed by atoms with Gasteiger partial charge in [-0.2, -0.15) is 0 Å². The molecular formula is C14H16BFN2O2. The van der Waals surface area contributed by atoms with E-state index in [1.165, 1.54) is 12.1 Å². The molecule has 104 valence electrons. The number of pyridine rings is 1. The molecule has 2 rings (SSSR count). The maximum atomic E-state index is 13.4. The highest BCUT2D eigenvalue weighted by Gasteiger charge is 2.17. The normalized spacial score (nSPS) is 10.8. The van der Waals surface area contributed by atoms with Crippen molar-refractivity contribution in [2.24, 2.45) is 0 Å². The van der Waals surface area contributed by atoms with Gasteiger partial charge in [-0.15, -0.1) is 0 Å². The van der Waals surface area contributed by atoms with Crippen LogP contribution in [0.4, 0.5) is 4.39 Å². The summed E-state index contributed by atoms with van der Waals surface area (Å²) in [6.07, 6.45) is 1.74. The van der Waals surface area contributed by atoms with Crippen LogP contribution in [0.3, 0.4) is 0 Å². The first-order chi connectivity index (χ1) is 9.56. The third kappa shape index (κ3) is 3.87. The molecule has 2 N–H and O–H groups in total. The molecule has 0 unspecified atom stereocenters. The fourth-order valence-electron chi connectivity index (χ4n) is 2.03. The summed E-state index contributed by atoms with van der Waals surface area (Å²) >= 11 is 0. The summed E-state index contributed by atoms with van der Waals surface area (Å²) in [5, 5.41) is 18.2. The number of nitrogens with zero attached hydrogens (tertiary/aromatic N) is 2. The van der Waals surface area contributed by atoms with E-state index in [2.05, 4.69) is 4.98 Å². The van der Waals surface area contributed by atoms with E-state index in [-0.39, 0.29) is 5.46 Å². The number of halogens is 1. The van der Waals surface area contributed by atoms with Gasteiger partial charge in [0, 0.05) is 24.7 Å². The Balaban J connectivity index is 2.04. The molecule has 0 bridgehead atoms. The summed E-state index contributed by atoms with van der Waals surface area (Å²) in [5.41, 5.74) is 1.65. The molecule has 0 amide bonds. The largest absolute Gasteiger partial charge is 0.491 e. The average Bonchev–Trinajstić information content (AvgIpc) is 2.41. The zero-order chi connectivity index (χ0) is 14.5. The quantitative estimate of drug-likeness (QED) is 0.781. The Bertz CT molecular complexity index is 566. The molecule has 4 nitrogen and oxygen atoms in total. The smallest absolute Gasteiger partial charge is 0.423 e. The monoisotopic (exact) mass is 274 g/mol. The Hall–Kier alpha value is -1.76. The molecule has 1 aromatic heterocycles. The summed E-state index contributed by atoms with van der Waals surface area (Å²) in [6.45, 7) is 1.23. The average molecular weight is 274 g/mol. The van der Waals surface area contributed by atoms with Gasteiger partial charge in [-0.25, -0.2) is 4.39 Å². The minimum absolute atomic E-state index is 0.103. The van der Waals surface area contributed by atoms with Crippen molar-refractivity contribution in [3.05, 3.63) is 59.7 Å². The van der Waals surface area contributed by atoms with Crippen LogP contribution in [0, 0.1) is 5.82 Å². The van der Waals surface area contributed by atoms with Crippen molar-refractivity contribution in [1.29, 1.82) is 0 Å². The van der Waals surface area contributed by atoms with E-state index < -0.39 is 12.9 Å². The summed E-state index contributed by atoms with van der Waals surface area (Å²) in [4.78, 5) is 6.26. The molecule has 6 heteroatoms. The van der Waals surface area contributed by atoms with Gasteiger partial charge in [-0.3, -0.25) is 9.88 Å². The molecule has 0 saturated carbocycles. The molecule has 1 aromatic carbocycles. The van der Waals surface area contributed by atoms with Crippen LogP contribution < -0.4 is 5.46 Å². The summed E-state index contributed by atoms with van der Waals surface area (Å²) < 4.78 is 13.4. The minimum atomic E-state index is -1.80. The SMILES string of the molecule is CN(Cc1ccc(F)c(B(O)O)c1)Cc1ccccn1. The predicted molar refractivity (Wildman–Crippen MR) is 75.6 cm³/mol. The third-order valence-corrected chi connectivity index (χ3v) is 2.95. The lowest BCUT2D eigenvalue weighted by molar-refractivity contribution is 0.315. The standard InChI is InChI=1S/C14H16BFN2O2/c1-18(10-12-4-2-3-7-17-12)9-11-5-6-14(16)13(8-11)15(19)20/h2-8,19-20H,9-10H2,1H3. The molecule has 0 fully saturated rings. The Morgan fingerprint density at radius 1 is 1.20 bits per heavy atom. The number of rotatable bonds is 5. The van der Waals surface area contributed by atoms with Crippen LogP contribution in [0.15, 0.2) is 42.6 Å². The van der Waals surface area contributed by atoms with E-state index in [0.717, 1.165) is 11.3 Å². The van der Waals surface area contributed by atoms with Gasteiger partial charge in [0.25, 0.3) is 0 Å². The number of hydrogen-bond acceptors (Lipinski definition) is 4. The Labute approximate surface area is 117 Å². The highest BCUT2D eigenvalue weighted by Crippen LogP contribution is 2.07. The van der Waals surface area contributed by atoms with Crippen molar-refractivity contribution in [2.75, 3.05) is 7.05 Å². The maximum Gasteiger partial charge on any atom is 0.491 e. The van der Waals surface area contributed by atoms with Gasteiger partial charge in [0.15, 0.2) is 0 Å². The van der Waals surface area contributed by atoms with Crippen molar-refractivity contribution in [1.82, 2.24) is 9.88 Å². The molecular weight excluding hydrogens is 258 g/mol. The van der Waals surface area contributed by atoms with Gasteiger partial charge < -0.3 is 10.0 Å². The second-order valence-electron chi connectivity index (χ2n) is 4.72. The second kappa shape index (κ2) is 6.61. The van der Waals surface area contributed by atoms with Crippen molar-refractivity contribution in [3.63, 3.8) is 0 Å². The van der Waals surface area contributed by atoms with E-state index >= 15 is 0 Å². The minimum Gasteiger partial charge on any atom is -0.423 e. The van der Waals surface area contributed by atoms with Gasteiger partial charge in [0.1, 0.15) is 5.82 Å². The predicted octanol–water partition coefficient (Wildman–Crippen LogP) is 0.533. The summed E-state index contributed by atoms with van der Waals surface area (Å²) in [7, 11) is 0.128. The van der Waals surface area contributed by atoms with Crippen LogP contribution in [-0.2, 0) is 13.1 Å². The molecule has 0 aliphatic rings. The molecule has 0 radical (unpaired) electrons. The number of benzene rings is 1. The Kier molecular flexibility index (Phi) is 4.84. The van der Waals surface area contributed by atoms with Crippen molar-refractivity contribution in [2.45, 2.75) is 13.1 Å². The maximum absolute atomic E-state index is 13.4.